The van der Waals surface area contributed by atoms with Gasteiger partial charge in [0.25, 0.3) is 0 Å². The van der Waals surface area contributed by atoms with Crippen molar-refractivity contribution in [1.29, 1.82) is 0 Å². The molecule has 5 nitrogen and oxygen atoms in total. The fraction of sp³-hybridized carbons (Fsp3) is 0.350. The average molecular weight is 442 g/mol. The Labute approximate surface area is 178 Å². The lowest BCUT2D eigenvalue weighted by Gasteiger charge is -2.17. The number of carboxylic acids is 1. The Bertz CT molecular complexity index is 854. The van der Waals surface area contributed by atoms with Crippen LogP contribution in [0, 0.1) is 13.8 Å². The third-order valence-electron chi connectivity index (χ3n) is 4.35. The molecule has 0 amide bonds. The molecule has 1 fully saturated rings. The molecule has 2 atom stereocenters. The maximum atomic E-state index is 11.2. The normalized spacial score (nSPS) is 18.9. The number of halogens is 2. The van der Waals surface area contributed by atoms with E-state index in [9.17, 15) is 9.90 Å². The van der Waals surface area contributed by atoms with Crippen LogP contribution in [0.3, 0.4) is 0 Å². The van der Waals surface area contributed by atoms with Crippen molar-refractivity contribution in [3.05, 3.63) is 57.1 Å². The van der Waals surface area contributed by atoms with Crippen LogP contribution < -0.4 is 14.8 Å². The molecule has 150 valence electrons. The number of carboxylic acid groups (broad SMARTS) is 1. The molecule has 8 heteroatoms. The van der Waals surface area contributed by atoms with Gasteiger partial charge >= 0.3 is 5.97 Å². The second-order valence-electron chi connectivity index (χ2n) is 6.52. The molecule has 1 aliphatic rings. The number of carbonyl (C=O) groups is 1. The van der Waals surface area contributed by atoms with Crippen molar-refractivity contribution in [2.24, 2.45) is 0 Å². The summed E-state index contributed by atoms with van der Waals surface area (Å²) in [6, 6.07) is 8.56. The third-order valence-corrected chi connectivity index (χ3v) is 6.43. The quantitative estimate of drug-likeness (QED) is 0.598. The van der Waals surface area contributed by atoms with E-state index in [1.54, 1.807) is 18.2 Å². The van der Waals surface area contributed by atoms with Gasteiger partial charge in [-0.25, -0.2) is 0 Å². The molecular formula is C20H21Cl2NO4S. The van der Waals surface area contributed by atoms with Gasteiger partial charge in [-0.15, -0.1) is 11.8 Å². The summed E-state index contributed by atoms with van der Waals surface area (Å²) in [6.07, 6.45) is 0. The summed E-state index contributed by atoms with van der Waals surface area (Å²) in [7, 11) is 0. The standard InChI is InChI=1S/C20H21Cl2NO4S/c1-11-7-14(8-12(2)18(11)22)26-5-6-27-17-4-3-13(21)9-15(17)19-23-16(10-28-19)20(24)25/h3-4,7-9,16,19,23H,5-6,10H2,1-2H3,(H,24,25). The van der Waals surface area contributed by atoms with Crippen LogP contribution in [-0.2, 0) is 4.79 Å². The van der Waals surface area contributed by atoms with E-state index in [0.717, 1.165) is 27.5 Å². The molecule has 2 unspecified atom stereocenters. The molecule has 0 aliphatic carbocycles. The van der Waals surface area contributed by atoms with Crippen LogP contribution in [0.4, 0.5) is 0 Å². The predicted octanol–water partition coefficient (Wildman–Crippen LogP) is 4.86. The molecular weight excluding hydrogens is 421 g/mol. The van der Waals surface area contributed by atoms with Gasteiger partial charge in [0.05, 0.1) is 5.37 Å². The lowest BCUT2D eigenvalue weighted by molar-refractivity contribution is -0.138. The monoisotopic (exact) mass is 441 g/mol. The molecule has 0 aromatic heterocycles. The molecule has 3 rings (SSSR count). The first-order valence-corrected chi connectivity index (χ1v) is 10.6. The Morgan fingerprint density at radius 1 is 1.18 bits per heavy atom. The highest BCUT2D eigenvalue weighted by atomic mass is 35.5. The van der Waals surface area contributed by atoms with Gasteiger partial charge in [-0.3, -0.25) is 10.1 Å². The summed E-state index contributed by atoms with van der Waals surface area (Å²) in [6.45, 7) is 4.59. The molecule has 1 heterocycles. The van der Waals surface area contributed by atoms with Crippen LogP contribution in [0.15, 0.2) is 30.3 Å². The van der Waals surface area contributed by atoms with Gasteiger partial charge < -0.3 is 14.6 Å². The Kier molecular flexibility index (Phi) is 6.99. The lowest BCUT2D eigenvalue weighted by Crippen LogP contribution is -2.33. The second kappa shape index (κ2) is 9.27. The predicted molar refractivity (Wildman–Crippen MR) is 113 cm³/mol. The summed E-state index contributed by atoms with van der Waals surface area (Å²) in [5.41, 5.74) is 2.77. The minimum Gasteiger partial charge on any atom is -0.490 e. The smallest absolute Gasteiger partial charge is 0.321 e. The van der Waals surface area contributed by atoms with Gasteiger partial charge in [0.15, 0.2) is 0 Å². The zero-order chi connectivity index (χ0) is 20.3. The summed E-state index contributed by atoms with van der Waals surface area (Å²) in [5.74, 6) is 1.04. The highest BCUT2D eigenvalue weighted by molar-refractivity contribution is 7.99. The molecule has 2 aromatic carbocycles. The molecule has 0 spiro atoms. The van der Waals surface area contributed by atoms with E-state index in [1.165, 1.54) is 11.8 Å². The van der Waals surface area contributed by atoms with Crippen LogP contribution in [-0.4, -0.2) is 36.1 Å². The zero-order valence-electron chi connectivity index (χ0n) is 15.5. The van der Waals surface area contributed by atoms with E-state index in [1.807, 2.05) is 26.0 Å². The summed E-state index contributed by atoms with van der Waals surface area (Å²) in [4.78, 5) is 11.2. The van der Waals surface area contributed by atoms with Crippen LogP contribution in [0.25, 0.3) is 0 Å². The van der Waals surface area contributed by atoms with Crippen molar-refractivity contribution >= 4 is 40.9 Å². The van der Waals surface area contributed by atoms with Gasteiger partial charge in [0, 0.05) is 21.4 Å². The maximum Gasteiger partial charge on any atom is 0.321 e. The SMILES string of the molecule is Cc1cc(OCCOc2ccc(Cl)cc2C2NC(C(=O)O)CS2)cc(C)c1Cl. The first-order valence-electron chi connectivity index (χ1n) is 8.77. The van der Waals surface area contributed by atoms with Crippen molar-refractivity contribution < 1.29 is 19.4 Å². The van der Waals surface area contributed by atoms with Crippen LogP contribution >= 0.6 is 35.0 Å². The molecule has 2 aromatic rings. The number of hydrogen-bond donors (Lipinski definition) is 2. The maximum absolute atomic E-state index is 11.2. The van der Waals surface area contributed by atoms with Crippen molar-refractivity contribution in [2.45, 2.75) is 25.3 Å². The topological polar surface area (TPSA) is 67.8 Å². The molecule has 1 saturated heterocycles. The lowest BCUT2D eigenvalue weighted by atomic mass is 10.1. The largest absolute Gasteiger partial charge is 0.490 e. The van der Waals surface area contributed by atoms with Crippen LogP contribution in [0.1, 0.15) is 22.1 Å². The number of thioether (sulfide) groups is 1. The Morgan fingerprint density at radius 2 is 1.86 bits per heavy atom. The van der Waals surface area contributed by atoms with Crippen molar-refractivity contribution in [1.82, 2.24) is 5.32 Å². The van der Waals surface area contributed by atoms with Gasteiger partial charge in [-0.1, -0.05) is 23.2 Å². The molecule has 0 bridgehead atoms. The molecule has 0 saturated carbocycles. The number of nitrogens with one attached hydrogen (secondary N) is 1. The van der Waals surface area contributed by atoms with Crippen molar-refractivity contribution in [3.8, 4) is 11.5 Å². The molecule has 28 heavy (non-hydrogen) atoms. The summed E-state index contributed by atoms with van der Waals surface area (Å²) < 4.78 is 11.7. The number of rotatable bonds is 7. The first-order chi connectivity index (χ1) is 13.3. The highest BCUT2D eigenvalue weighted by Crippen LogP contribution is 2.39. The number of aliphatic carboxylic acids is 1. The van der Waals surface area contributed by atoms with Crippen LogP contribution in [0.2, 0.25) is 10.0 Å². The molecule has 0 radical (unpaired) electrons. The highest BCUT2D eigenvalue weighted by Gasteiger charge is 2.32. The van der Waals surface area contributed by atoms with E-state index >= 15 is 0 Å². The van der Waals surface area contributed by atoms with Gasteiger partial charge in [0.2, 0.25) is 0 Å². The van der Waals surface area contributed by atoms with Crippen molar-refractivity contribution in [2.75, 3.05) is 19.0 Å². The minimum absolute atomic E-state index is 0.183. The Balaban J connectivity index is 1.61. The van der Waals surface area contributed by atoms with Crippen molar-refractivity contribution in [3.63, 3.8) is 0 Å². The third kappa shape index (κ3) is 5.06. The van der Waals surface area contributed by atoms with E-state index in [0.29, 0.717) is 29.7 Å². The fourth-order valence-electron chi connectivity index (χ4n) is 2.95. The zero-order valence-corrected chi connectivity index (χ0v) is 17.8. The minimum atomic E-state index is -0.860. The van der Waals surface area contributed by atoms with Gasteiger partial charge in [-0.05, 0) is 55.3 Å². The average Bonchev–Trinajstić information content (AvgIpc) is 3.14. The fourth-order valence-corrected chi connectivity index (χ4v) is 4.49. The summed E-state index contributed by atoms with van der Waals surface area (Å²) in [5, 5.41) is 13.4. The van der Waals surface area contributed by atoms with E-state index in [2.05, 4.69) is 5.32 Å². The number of ether oxygens (including phenoxy) is 2. The van der Waals surface area contributed by atoms with E-state index in [-0.39, 0.29) is 5.37 Å². The first kappa shape index (κ1) is 21.1. The summed E-state index contributed by atoms with van der Waals surface area (Å²) >= 11 is 13.8. The Hall–Kier alpha value is -1.60. The Morgan fingerprint density at radius 3 is 2.50 bits per heavy atom. The number of aryl methyl sites for hydroxylation is 2. The molecule has 2 N–H and O–H groups in total. The van der Waals surface area contributed by atoms with E-state index in [4.69, 9.17) is 32.7 Å². The van der Waals surface area contributed by atoms with Gasteiger partial charge in [0.1, 0.15) is 30.8 Å². The second-order valence-corrected chi connectivity index (χ2v) is 8.47. The number of benzene rings is 2. The van der Waals surface area contributed by atoms with E-state index < -0.39 is 12.0 Å². The molecule has 1 aliphatic heterocycles. The number of hydrogen-bond acceptors (Lipinski definition) is 5. The van der Waals surface area contributed by atoms with Crippen LogP contribution in [0.5, 0.6) is 11.5 Å². The van der Waals surface area contributed by atoms with Gasteiger partial charge in [-0.2, -0.15) is 0 Å².